The lowest BCUT2D eigenvalue weighted by Crippen LogP contribution is -2.37. The predicted octanol–water partition coefficient (Wildman–Crippen LogP) is 1.05. The molecule has 0 aliphatic carbocycles. The zero-order valence-corrected chi connectivity index (χ0v) is 15.8. The average Bonchev–Trinajstić information content (AvgIpc) is 3.45. The number of para-hydroxylation sites is 1. The number of rotatable bonds is 7. The average molecular weight is 398 g/mol. The van der Waals surface area contributed by atoms with Gasteiger partial charge in [-0.05, 0) is 37.1 Å². The van der Waals surface area contributed by atoms with E-state index in [2.05, 4.69) is 15.8 Å². The van der Waals surface area contributed by atoms with Crippen molar-refractivity contribution >= 4 is 23.9 Å². The Labute approximate surface area is 167 Å². The summed E-state index contributed by atoms with van der Waals surface area (Å²) in [5.41, 5.74) is 2.72. The van der Waals surface area contributed by atoms with Crippen LogP contribution in [0.3, 0.4) is 0 Å². The Balaban J connectivity index is 1.48. The van der Waals surface area contributed by atoms with E-state index >= 15 is 0 Å². The van der Waals surface area contributed by atoms with E-state index in [0.717, 1.165) is 25.9 Å². The Morgan fingerprint density at radius 2 is 1.90 bits per heavy atom. The molecule has 29 heavy (non-hydrogen) atoms. The zero-order chi connectivity index (χ0) is 20.5. The van der Waals surface area contributed by atoms with Crippen LogP contribution in [0.5, 0.6) is 5.75 Å². The second-order valence-corrected chi connectivity index (χ2v) is 6.38. The Morgan fingerprint density at radius 1 is 1.10 bits per heavy atom. The SMILES string of the molecule is O=C(NCc1ccco1)C(=O)N/N=C\c1ccccc1OCC(=O)N1CCCC1. The summed E-state index contributed by atoms with van der Waals surface area (Å²) in [5.74, 6) is -0.810. The molecule has 0 bridgehead atoms. The van der Waals surface area contributed by atoms with Gasteiger partial charge in [0.1, 0.15) is 11.5 Å². The van der Waals surface area contributed by atoms with Gasteiger partial charge in [0.05, 0.1) is 19.0 Å². The highest BCUT2D eigenvalue weighted by Crippen LogP contribution is 2.16. The van der Waals surface area contributed by atoms with Crippen LogP contribution in [0.1, 0.15) is 24.2 Å². The molecule has 0 saturated carbocycles. The second-order valence-electron chi connectivity index (χ2n) is 6.38. The van der Waals surface area contributed by atoms with Crippen molar-refractivity contribution in [2.24, 2.45) is 5.10 Å². The topological polar surface area (TPSA) is 113 Å². The van der Waals surface area contributed by atoms with Crippen LogP contribution < -0.4 is 15.5 Å². The number of ether oxygens (including phenoxy) is 1. The van der Waals surface area contributed by atoms with Gasteiger partial charge >= 0.3 is 11.8 Å². The van der Waals surface area contributed by atoms with E-state index in [1.54, 1.807) is 41.3 Å². The summed E-state index contributed by atoms with van der Waals surface area (Å²) in [7, 11) is 0. The third-order valence-electron chi connectivity index (χ3n) is 4.31. The Kier molecular flexibility index (Phi) is 6.99. The maximum absolute atomic E-state index is 12.1. The highest BCUT2D eigenvalue weighted by molar-refractivity contribution is 6.35. The number of hydrogen-bond donors (Lipinski definition) is 2. The van der Waals surface area contributed by atoms with Gasteiger partial charge in [-0.3, -0.25) is 14.4 Å². The first-order valence-corrected chi connectivity index (χ1v) is 9.26. The lowest BCUT2D eigenvalue weighted by molar-refractivity contribution is -0.139. The van der Waals surface area contributed by atoms with Gasteiger partial charge in [-0.2, -0.15) is 5.10 Å². The summed E-state index contributed by atoms with van der Waals surface area (Å²) >= 11 is 0. The molecule has 3 amide bonds. The number of carbonyl (C=O) groups is 3. The van der Waals surface area contributed by atoms with Crippen molar-refractivity contribution in [2.45, 2.75) is 19.4 Å². The molecule has 2 aromatic rings. The first-order chi connectivity index (χ1) is 14.1. The molecule has 1 aliphatic rings. The molecule has 1 aromatic heterocycles. The molecule has 2 heterocycles. The van der Waals surface area contributed by atoms with Crippen molar-refractivity contribution < 1.29 is 23.5 Å². The molecule has 9 nitrogen and oxygen atoms in total. The lowest BCUT2D eigenvalue weighted by Gasteiger charge is -2.16. The third-order valence-corrected chi connectivity index (χ3v) is 4.31. The van der Waals surface area contributed by atoms with Crippen LogP contribution in [0.25, 0.3) is 0 Å². The Morgan fingerprint density at radius 3 is 2.66 bits per heavy atom. The van der Waals surface area contributed by atoms with Gasteiger partial charge in [-0.15, -0.1) is 0 Å². The van der Waals surface area contributed by atoms with Crippen molar-refractivity contribution in [2.75, 3.05) is 19.7 Å². The fourth-order valence-corrected chi connectivity index (χ4v) is 2.79. The molecule has 0 atom stereocenters. The fourth-order valence-electron chi connectivity index (χ4n) is 2.79. The van der Waals surface area contributed by atoms with Crippen LogP contribution in [0.4, 0.5) is 0 Å². The van der Waals surface area contributed by atoms with Crippen molar-refractivity contribution in [1.29, 1.82) is 0 Å². The minimum atomic E-state index is -0.907. The van der Waals surface area contributed by atoms with Crippen LogP contribution in [0.2, 0.25) is 0 Å². The third kappa shape index (κ3) is 5.93. The van der Waals surface area contributed by atoms with Crippen LogP contribution in [0.15, 0.2) is 52.2 Å². The van der Waals surface area contributed by atoms with E-state index in [1.165, 1.54) is 12.5 Å². The zero-order valence-electron chi connectivity index (χ0n) is 15.8. The number of likely N-dealkylation sites (tertiary alicyclic amines) is 1. The number of hydrogen-bond acceptors (Lipinski definition) is 6. The molecule has 1 aliphatic heterocycles. The van der Waals surface area contributed by atoms with Gasteiger partial charge in [0.2, 0.25) is 0 Å². The van der Waals surface area contributed by atoms with Crippen LogP contribution in [0, 0.1) is 0 Å². The van der Waals surface area contributed by atoms with E-state index in [0.29, 0.717) is 17.1 Å². The normalized spacial score (nSPS) is 13.4. The molecule has 1 fully saturated rings. The van der Waals surface area contributed by atoms with Crippen molar-refractivity contribution in [1.82, 2.24) is 15.6 Å². The molecule has 1 saturated heterocycles. The molecule has 0 spiro atoms. The standard InChI is InChI=1S/C20H22N4O5/c25-18(24-9-3-4-10-24)14-29-17-8-2-1-6-15(17)12-22-23-20(27)19(26)21-13-16-7-5-11-28-16/h1-2,5-8,11-12H,3-4,9-10,13-14H2,(H,21,26)(H,23,27)/b22-12-. The Bertz CT molecular complexity index is 873. The number of hydrazone groups is 1. The second kappa shape index (κ2) is 10.1. The number of benzene rings is 1. The first kappa shape index (κ1) is 20.1. The number of amides is 3. The number of carbonyl (C=O) groups excluding carboxylic acids is 3. The maximum atomic E-state index is 12.1. The van der Waals surface area contributed by atoms with Gasteiger partial charge in [0, 0.05) is 18.7 Å². The van der Waals surface area contributed by atoms with Gasteiger partial charge in [0.25, 0.3) is 5.91 Å². The molecular weight excluding hydrogens is 376 g/mol. The van der Waals surface area contributed by atoms with E-state index in [1.807, 2.05) is 0 Å². The first-order valence-electron chi connectivity index (χ1n) is 9.26. The summed E-state index contributed by atoms with van der Waals surface area (Å²) < 4.78 is 10.7. The molecule has 9 heteroatoms. The van der Waals surface area contributed by atoms with E-state index in [4.69, 9.17) is 9.15 Å². The van der Waals surface area contributed by atoms with Crippen LogP contribution >= 0.6 is 0 Å². The highest BCUT2D eigenvalue weighted by atomic mass is 16.5. The van der Waals surface area contributed by atoms with Crippen LogP contribution in [-0.2, 0) is 20.9 Å². The number of nitrogens with zero attached hydrogens (tertiary/aromatic N) is 2. The van der Waals surface area contributed by atoms with Crippen LogP contribution in [-0.4, -0.2) is 48.5 Å². The molecule has 2 N–H and O–H groups in total. The number of nitrogens with one attached hydrogen (secondary N) is 2. The molecular formula is C20H22N4O5. The summed E-state index contributed by atoms with van der Waals surface area (Å²) in [4.78, 5) is 37.4. The minimum Gasteiger partial charge on any atom is -0.483 e. The largest absolute Gasteiger partial charge is 0.483 e. The van der Waals surface area contributed by atoms with Gasteiger partial charge in [0.15, 0.2) is 6.61 Å². The molecule has 152 valence electrons. The molecule has 0 radical (unpaired) electrons. The monoisotopic (exact) mass is 398 g/mol. The van der Waals surface area contributed by atoms with E-state index in [9.17, 15) is 14.4 Å². The lowest BCUT2D eigenvalue weighted by atomic mass is 10.2. The molecule has 1 aromatic carbocycles. The summed E-state index contributed by atoms with van der Waals surface area (Å²) in [6, 6.07) is 10.3. The van der Waals surface area contributed by atoms with Crippen molar-refractivity contribution in [3.63, 3.8) is 0 Å². The molecule has 0 unspecified atom stereocenters. The summed E-state index contributed by atoms with van der Waals surface area (Å²) in [5, 5.41) is 6.21. The Hall–Kier alpha value is -3.62. The van der Waals surface area contributed by atoms with Crippen molar-refractivity contribution in [3.8, 4) is 5.75 Å². The predicted molar refractivity (Wildman–Crippen MR) is 104 cm³/mol. The fraction of sp³-hybridized carbons (Fsp3) is 0.300. The highest BCUT2D eigenvalue weighted by Gasteiger charge is 2.18. The van der Waals surface area contributed by atoms with Gasteiger partial charge in [-0.25, -0.2) is 5.43 Å². The summed E-state index contributed by atoms with van der Waals surface area (Å²) in [6.07, 6.45) is 4.87. The molecule has 3 rings (SSSR count). The number of furan rings is 1. The van der Waals surface area contributed by atoms with Crippen molar-refractivity contribution in [3.05, 3.63) is 54.0 Å². The maximum Gasteiger partial charge on any atom is 0.329 e. The minimum absolute atomic E-state index is 0.0595. The van der Waals surface area contributed by atoms with E-state index < -0.39 is 11.8 Å². The van der Waals surface area contributed by atoms with Gasteiger partial charge < -0.3 is 19.4 Å². The van der Waals surface area contributed by atoms with E-state index in [-0.39, 0.29) is 19.1 Å². The smallest absolute Gasteiger partial charge is 0.329 e. The quantitative estimate of drug-likeness (QED) is 0.411. The summed E-state index contributed by atoms with van der Waals surface area (Å²) in [6.45, 7) is 1.57. The van der Waals surface area contributed by atoms with Gasteiger partial charge in [-0.1, -0.05) is 12.1 Å².